The van der Waals surface area contributed by atoms with E-state index in [4.69, 9.17) is 29.1 Å². The van der Waals surface area contributed by atoms with Gasteiger partial charge in [-0.15, -0.1) is 0 Å². The van der Waals surface area contributed by atoms with E-state index in [1.165, 1.54) is 128 Å². The molecule has 0 saturated carbocycles. The Labute approximate surface area is 275 Å². The third kappa shape index (κ3) is 29.7. The minimum atomic E-state index is -3.35. The van der Waals surface area contributed by atoms with Gasteiger partial charge < -0.3 is 0 Å². The molecule has 0 aliphatic rings. The van der Waals surface area contributed by atoms with Gasteiger partial charge >= 0.3 is 276 Å². The normalized spacial score (nSPS) is 13.5. The Bertz CT molecular complexity index is 497. The zero-order valence-electron chi connectivity index (χ0n) is 29.4. The van der Waals surface area contributed by atoms with E-state index in [0.717, 1.165) is 60.5 Å². The molecule has 0 saturated heterocycles. The molecule has 0 radical (unpaired) electrons. The van der Waals surface area contributed by atoms with Gasteiger partial charge in [0.1, 0.15) is 0 Å². The van der Waals surface area contributed by atoms with Crippen LogP contribution in [0.25, 0.3) is 0 Å². The summed E-state index contributed by atoms with van der Waals surface area (Å²) < 4.78 is 16.1. The summed E-state index contributed by atoms with van der Waals surface area (Å²) in [5.41, 5.74) is 24.5. The molecule has 0 unspecified atom stereocenters. The molecule has 0 aliphatic heterocycles. The molecule has 0 spiro atoms. The zero-order valence-corrected chi connectivity index (χ0v) is 32.3. The SMILES string of the molecule is CCCCCCCCCCC[CH2][Sn]([CH2]CCCCCCCCCCC)([O]C[C@H](N)CCCCN)[O]C[C@H](N)CCCCN. The van der Waals surface area contributed by atoms with Crippen LogP contribution >= 0.6 is 0 Å². The first kappa shape index (κ1) is 43.6. The van der Waals surface area contributed by atoms with Crippen LogP contribution in [0.4, 0.5) is 0 Å². The fraction of sp³-hybridized carbons (Fsp3) is 1.00. The van der Waals surface area contributed by atoms with E-state index < -0.39 is 19.2 Å². The summed E-state index contributed by atoms with van der Waals surface area (Å²) in [7, 11) is 0. The van der Waals surface area contributed by atoms with Crippen LogP contribution in [0.2, 0.25) is 8.87 Å². The minimum absolute atomic E-state index is 0.0740. The molecule has 0 rings (SSSR count). The van der Waals surface area contributed by atoms with Crippen molar-refractivity contribution in [1.82, 2.24) is 0 Å². The van der Waals surface area contributed by atoms with E-state index in [1.54, 1.807) is 0 Å². The second kappa shape index (κ2) is 33.9. The van der Waals surface area contributed by atoms with Crippen molar-refractivity contribution < 1.29 is 6.15 Å². The molecular formula is C36H80N4O2Sn. The Morgan fingerprint density at radius 3 is 1.02 bits per heavy atom. The van der Waals surface area contributed by atoms with Crippen molar-refractivity contribution in [2.24, 2.45) is 22.9 Å². The van der Waals surface area contributed by atoms with E-state index in [-0.39, 0.29) is 12.1 Å². The fourth-order valence-electron chi connectivity index (χ4n) is 6.01. The Hall–Kier alpha value is 0.559. The third-order valence-corrected chi connectivity index (χ3v) is 19.3. The van der Waals surface area contributed by atoms with Gasteiger partial charge in [0.05, 0.1) is 0 Å². The maximum atomic E-state index is 6.92. The summed E-state index contributed by atoms with van der Waals surface area (Å²) in [5.74, 6) is 0. The van der Waals surface area contributed by atoms with Crippen molar-refractivity contribution in [3.8, 4) is 0 Å². The molecule has 0 heterocycles. The van der Waals surface area contributed by atoms with Crippen LogP contribution < -0.4 is 22.9 Å². The van der Waals surface area contributed by atoms with Crippen molar-refractivity contribution in [3.05, 3.63) is 0 Å². The van der Waals surface area contributed by atoms with Crippen LogP contribution in [-0.2, 0) is 6.15 Å². The van der Waals surface area contributed by atoms with Crippen molar-refractivity contribution in [3.63, 3.8) is 0 Å². The fourth-order valence-corrected chi connectivity index (χ4v) is 16.1. The van der Waals surface area contributed by atoms with E-state index in [2.05, 4.69) is 13.8 Å². The molecule has 43 heavy (non-hydrogen) atoms. The molecule has 0 fully saturated rings. The first-order valence-corrected chi connectivity index (χ1v) is 25.6. The average molecular weight is 720 g/mol. The van der Waals surface area contributed by atoms with E-state index in [0.29, 0.717) is 13.2 Å². The third-order valence-electron chi connectivity index (χ3n) is 9.00. The number of nitrogens with two attached hydrogens (primary N) is 4. The van der Waals surface area contributed by atoms with Crippen LogP contribution in [0.5, 0.6) is 0 Å². The molecule has 2 atom stereocenters. The second-order valence-corrected chi connectivity index (χ2v) is 23.2. The molecule has 0 amide bonds. The van der Waals surface area contributed by atoms with Gasteiger partial charge in [-0.25, -0.2) is 0 Å². The number of rotatable bonds is 36. The molecule has 7 heteroatoms. The van der Waals surface area contributed by atoms with Gasteiger partial charge in [0.25, 0.3) is 0 Å². The van der Waals surface area contributed by atoms with Crippen LogP contribution in [-0.4, -0.2) is 57.6 Å². The van der Waals surface area contributed by atoms with Crippen LogP contribution in [0, 0.1) is 0 Å². The molecule has 8 N–H and O–H groups in total. The molecule has 0 aliphatic carbocycles. The Morgan fingerprint density at radius 1 is 0.419 bits per heavy atom. The predicted molar refractivity (Wildman–Crippen MR) is 193 cm³/mol. The Balaban J connectivity index is 4.99. The van der Waals surface area contributed by atoms with Gasteiger partial charge in [0.2, 0.25) is 0 Å². The summed E-state index contributed by atoms with van der Waals surface area (Å²) >= 11 is -3.35. The van der Waals surface area contributed by atoms with E-state index in [9.17, 15) is 0 Å². The zero-order chi connectivity index (χ0) is 31.7. The first-order valence-electron chi connectivity index (χ1n) is 19.2. The molecule has 0 bridgehead atoms. The van der Waals surface area contributed by atoms with E-state index in [1.807, 2.05) is 0 Å². The Morgan fingerprint density at radius 2 is 0.721 bits per heavy atom. The quantitative estimate of drug-likeness (QED) is 0.0378. The summed E-state index contributed by atoms with van der Waals surface area (Å²) in [6, 6.07) is 0.148. The van der Waals surface area contributed by atoms with Crippen molar-refractivity contribution >= 4 is 19.2 Å². The predicted octanol–water partition coefficient (Wildman–Crippen LogP) is 9.22. The summed E-state index contributed by atoms with van der Waals surface area (Å²) in [6.45, 7) is 7.33. The number of hydrogen-bond acceptors (Lipinski definition) is 6. The van der Waals surface area contributed by atoms with Gasteiger partial charge in [-0.3, -0.25) is 0 Å². The second-order valence-electron chi connectivity index (χ2n) is 13.5. The standard InChI is InChI=1S/2C12H25.2C6H15N2O.Sn/c2*1-3-5-7-9-11-12-10-8-6-4-2;2*7-4-2-1-3-6(8)5-9;/h2*1,3-12H2,2H3;2*6H,1-5,7-8H2;/q;;2*-1;+2/t;;2*6-;/m..11./s1. The average Bonchev–Trinajstić information content (AvgIpc) is 3.01. The van der Waals surface area contributed by atoms with Crippen LogP contribution in [0.1, 0.15) is 181 Å². The van der Waals surface area contributed by atoms with Gasteiger partial charge in [0.15, 0.2) is 0 Å². The Kier molecular flexibility index (Phi) is 34.3. The summed E-state index contributed by atoms with van der Waals surface area (Å²) in [6.07, 6.45) is 33.3. The number of unbranched alkanes of at least 4 members (excludes halogenated alkanes) is 20. The molecule has 0 aromatic carbocycles. The van der Waals surface area contributed by atoms with Crippen molar-refractivity contribution in [2.75, 3.05) is 26.3 Å². The van der Waals surface area contributed by atoms with Gasteiger partial charge in [0, 0.05) is 0 Å². The topological polar surface area (TPSA) is 123 Å². The molecule has 260 valence electrons. The molecule has 6 nitrogen and oxygen atoms in total. The van der Waals surface area contributed by atoms with Crippen molar-refractivity contribution in [1.29, 1.82) is 0 Å². The monoisotopic (exact) mass is 721 g/mol. The summed E-state index contributed by atoms with van der Waals surface area (Å²) in [4.78, 5) is 0. The molecular weight excluding hydrogens is 639 g/mol. The van der Waals surface area contributed by atoms with Gasteiger partial charge in [-0.2, -0.15) is 0 Å². The van der Waals surface area contributed by atoms with Gasteiger partial charge in [-0.1, -0.05) is 0 Å². The number of hydrogen-bond donors (Lipinski definition) is 4. The summed E-state index contributed by atoms with van der Waals surface area (Å²) in [5, 5.41) is 0. The first-order chi connectivity index (χ1) is 21.0. The van der Waals surface area contributed by atoms with Crippen LogP contribution in [0.3, 0.4) is 0 Å². The van der Waals surface area contributed by atoms with Gasteiger partial charge in [-0.05, 0) is 0 Å². The maximum absolute atomic E-state index is 6.92. The molecule has 0 aromatic rings. The van der Waals surface area contributed by atoms with Crippen LogP contribution in [0.15, 0.2) is 0 Å². The molecule has 0 aromatic heterocycles. The van der Waals surface area contributed by atoms with Crippen molar-refractivity contribution in [2.45, 2.75) is 202 Å². The van der Waals surface area contributed by atoms with E-state index >= 15 is 0 Å².